The topological polar surface area (TPSA) is 66.4 Å². The van der Waals surface area contributed by atoms with Crippen LogP contribution in [0.1, 0.15) is 18.2 Å². The lowest BCUT2D eigenvalue weighted by atomic mass is 10.2. The molecule has 0 unspecified atom stereocenters. The van der Waals surface area contributed by atoms with Gasteiger partial charge in [0.15, 0.2) is 0 Å². The lowest BCUT2D eigenvalue weighted by Gasteiger charge is -2.35. The molecule has 1 aliphatic rings. The van der Waals surface area contributed by atoms with Gasteiger partial charge in [-0.3, -0.25) is 4.90 Å². The van der Waals surface area contributed by atoms with Crippen LogP contribution in [0, 0.1) is 6.92 Å². The van der Waals surface area contributed by atoms with Crippen LogP contribution in [0.25, 0.3) is 0 Å². The number of hydrogen-bond donors (Lipinski definition) is 1. The molecule has 2 aromatic heterocycles. The summed E-state index contributed by atoms with van der Waals surface area (Å²) >= 11 is 0. The van der Waals surface area contributed by atoms with Gasteiger partial charge in [0.25, 0.3) is 0 Å². The van der Waals surface area contributed by atoms with Crippen molar-refractivity contribution in [3.63, 3.8) is 0 Å². The van der Waals surface area contributed by atoms with Gasteiger partial charge in [-0.05, 0) is 25.5 Å². The summed E-state index contributed by atoms with van der Waals surface area (Å²) in [5, 5.41) is 3.20. The standard InChI is InChI=1S/C18H26N6O/c1-4-19-18-21-14(2)11-16(22-18)24-9-7-23(8-10-24)13-15-5-6-20-17(12-15)25-3/h5-6,11-12H,4,7-10,13H2,1-3H3,(H,19,21,22). The van der Waals surface area contributed by atoms with E-state index >= 15 is 0 Å². The van der Waals surface area contributed by atoms with Crippen molar-refractivity contribution in [3.05, 3.63) is 35.7 Å². The third-order valence-corrected chi connectivity index (χ3v) is 4.29. The van der Waals surface area contributed by atoms with Gasteiger partial charge in [0.2, 0.25) is 11.8 Å². The Morgan fingerprint density at radius 2 is 1.96 bits per heavy atom. The lowest BCUT2D eigenvalue weighted by molar-refractivity contribution is 0.249. The Bertz CT molecular complexity index is 700. The van der Waals surface area contributed by atoms with Crippen molar-refractivity contribution in [1.82, 2.24) is 19.9 Å². The minimum atomic E-state index is 0.670. The monoisotopic (exact) mass is 342 g/mol. The molecule has 134 valence electrons. The van der Waals surface area contributed by atoms with Crippen LogP contribution >= 0.6 is 0 Å². The Kier molecular flexibility index (Phi) is 5.65. The Labute approximate surface area is 149 Å². The number of nitrogens with one attached hydrogen (secondary N) is 1. The number of nitrogens with zero attached hydrogens (tertiary/aromatic N) is 5. The van der Waals surface area contributed by atoms with Crippen LogP contribution in [-0.2, 0) is 6.54 Å². The highest BCUT2D eigenvalue weighted by Gasteiger charge is 2.19. The second kappa shape index (κ2) is 8.11. The van der Waals surface area contributed by atoms with Crippen LogP contribution in [0.2, 0.25) is 0 Å². The summed E-state index contributed by atoms with van der Waals surface area (Å²) in [7, 11) is 1.65. The number of rotatable bonds is 6. The molecule has 1 aliphatic heterocycles. The van der Waals surface area contributed by atoms with Gasteiger partial charge in [-0.1, -0.05) is 0 Å². The number of hydrogen-bond acceptors (Lipinski definition) is 7. The van der Waals surface area contributed by atoms with E-state index in [4.69, 9.17) is 4.74 Å². The Hall–Kier alpha value is -2.41. The predicted octanol–water partition coefficient (Wildman–Crippen LogP) is 1.94. The summed E-state index contributed by atoms with van der Waals surface area (Å²) in [6.07, 6.45) is 1.80. The maximum Gasteiger partial charge on any atom is 0.224 e. The number of ether oxygens (including phenoxy) is 1. The van der Waals surface area contributed by atoms with Gasteiger partial charge in [0.1, 0.15) is 5.82 Å². The van der Waals surface area contributed by atoms with Crippen molar-refractivity contribution < 1.29 is 4.74 Å². The van der Waals surface area contributed by atoms with Crippen LogP contribution in [0.3, 0.4) is 0 Å². The number of methoxy groups -OCH3 is 1. The number of piperazine rings is 1. The maximum absolute atomic E-state index is 5.20. The second-order valence-corrected chi connectivity index (χ2v) is 6.19. The van der Waals surface area contributed by atoms with E-state index in [2.05, 4.69) is 43.1 Å². The molecule has 3 rings (SSSR count). The van der Waals surface area contributed by atoms with Crippen molar-refractivity contribution in [3.8, 4) is 5.88 Å². The molecule has 1 saturated heterocycles. The number of aromatic nitrogens is 3. The van der Waals surface area contributed by atoms with Crippen molar-refractivity contribution in [2.75, 3.05) is 50.1 Å². The van der Waals surface area contributed by atoms with Gasteiger partial charge in [-0.15, -0.1) is 0 Å². The molecule has 2 aromatic rings. The zero-order valence-corrected chi connectivity index (χ0v) is 15.2. The zero-order chi connectivity index (χ0) is 17.6. The smallest absolute Gasteiger partial charge is 0.224 e. The fraction of sp³-hybridized carbons (Fsp3) is 0.500. The first-order valence-corrected chi connectivity index (χ1v) is 8.73. The molecule has 0 spiro atoms. The Morgan fingerprint density at radius 3 is 2.68 bits per heavy atom. The maximum atomic E-state index is 5.20. The van der Waals surface area contributed by atoms with Crippen LogP contribution in [0.5, 0.6) is 5.88 Å². The molecule has 0 saturated carbocycles. The molecule has 7 heteroatoms. The summed E-state index contributed by atoms with van der Waals surface area (Å²) in [4.78, 5) is 18.0. The summed E-state index contributed by atoms with van der Waals surface area (Å²) in [6, 6.07) is 6.11. The fourth-order valence-electron chi connectivity index (χ4n) is 3.00. The van der Waals surface area contributed by atoms with E-state index in [1.807, 2.05) is 19.1 Å². The lowest BCUT2D eigenvalue weighted by Crippen LogP contribution is -2.46. The van der Waals surface area contributed by atoms with Crippen LogP contribution in [0.4, 0.5) is 11.8 Å². The van der Waals surface area contributed by atoms with E-state index < -0.39 is 0 Å². The highest BCUT2D eigenvalue weighted by molar-refractivity contribution is 5.45. The van der Waals surface area contributed by atoms with Gasteiger partial charge < -0.3 is 15.0 Å². The van der Waals surface area contributed by atoms with Gasteiger partial charge in [0, 0.05) is 63.3 Å². The second-order valence-electron chi connectivity index (χ2n) is 6.19. The minimum absolute atomic E-state index is 0.670. The summed E-state index contributed by atoms with van der Waals surface area (Å²) in [5.41, 5.74) is 2.22. The summed E-state index contributed by atoms with van der Waals surface area (Å²) in [5.74, 6) is 2.39. The molecule has 0 atom stereocenters. The molecule has 0 amide bonds. The third kappa shape index (κ3) is 4.57. The molecular formula is C18H26N6O. The van der Waals surface area contributed by atoms with Gasteiger partial charge in [-0.25, -0.2) is 9.97 Å². The highest BCUT2D eigenvalue weighted by Crippen LogP contribution is 2.18. The molecule has 3 heterocycles. The Morgan fingerprint density at radius 1 is 1.16 bits per heavy atom. The normalized spacial score (nSPS) is 15.2. The largest absolute Gasteiger partial charge is 0.481 e. The summed E-state index contributed by atoms with van der Waals surface area (Å²) in [6.45, 7) is 9.74. The van der Waals surface area contributed by atoms with E-state index in [1.165, 1.54) is 5.56 Å². The minimum Gasteiger partial charge on any atom is -0.481 e. The number of anilines is 2. The zero-order valence-electron chi connectivity index (χ0n) is 15.2. The van der Waals surface area contributed by atoms with Crippen molar-refractivity contribution in [2.24, 2.45) is 0 Å². The van der Waals surface area contributed by atoms with Crippen LogP contribution in [0.15, 0.2) is 24.4 Å². The third-order valence-electron chi connectivity index (χ3n) is 4.29. The molecule has 0 aliphatic carbocycles. The first kappa shape index (κ1) is 17.4. The number of pyridine rings is 1. The predicted molar refractivity (Wildman–Crippen MR) is 99.2 cm³/mol. The average Bonchev–Trinajstić information content (AvgIpc) is 2.62. The molecular weight excluding hydrogens is 316 g/mol. The van der Waals surface area contributed by atoms with E-state index in [0.717, 1.165) is 50.8 Å². The van der Waals surface area contributed by atoms with Gasteiger partial charge >= 0.3 is 0 Å². The summed E-state index contributed by atoms with van der Waals surface area (Å²) < 4.78 is 5.20. The average molecular weight is 342 g/mol. The molecule has 0 bridgehead atoms. The first-order valence-electron chi connectivity index (χ1n) is 8.73. The van der Waals surface area contributed by atoms with Gasteiger partial charge in [-0.2, -0.15) is 4.98 Å². The van der Waals surface area contributed by atoms with Crippen molar-refractivity contribution >= 4 is 11.8 Å². The highest BCUT2D eigenvalue weighted by atomic mass is 16.5. The van der Waals surface area contributed by atoms with E-state index in [1.54, 1.807) is 13.3 Å². The van der Waals surface area contributed by atoms with E-state index in [-0.39, 0.29) is 0 Å². The molecule has 1 N–H and O–H groups in total. The van der Waals surface area contributed by atoms with Crippen molar-refractivity contribution in [1.29, 1.82) is 0 Å². The quantitative estimate of drug-likeness (QED) is 0.860. The molecule has 0 aromatic carbocycles. The first-order chi connectivity index (χ1) is 12.2. The molecule has 0 radical (unpaired) electrons. The van der Waals surface area contributed by atoms with Gasteiger partial charge in [0.05, 0.1) is 7.11 Å². The number of aryl methyl sites for hydroxylation is 1. The Balaban J connectivity index is 1.60. The van der Waals surface area contributed by atoms with E-state index in [9.17, 15) is 0 Å². The molecule has 7 nitrogen and oxygen atoms in total. The van der Waals surface area contributed by atoms with Crippen LogP contribution in [-0.4, -0.2) is 59.7 Å². The van der Waals surface area contributed by atoms with Crippen molar-refractivity contribution in [2.45, 2.75) is 20.4 Å². The van der Waals surface area contributed by atoms with E-state index in [0.29, 0.717) is 11.8 Å². The molecule has 25 heavy (non-hydrogen) atoms. The fourth-order valence-corrected chi connectivity index (χ4v) is 3.00. The molecule has 1 fully saturated rings. The van der Waals surface area contributed by atoms with Crippen LogP contribution < -0.4 is 15.0 Å². The SMILES string of the molecule is CCNc1nc(C)cc(N2CCN(Cc3ccnc(OC)c3)CC2)n1.